The number of aromatic amines is 1. The predicted molar refractivity (Wildman–Crippen MR) is 110 cm³/mol. The van der Waals surface area contributed by atoms with E-state index in [0.29, 0.717) is 5.69 Å². The summed E-state index contributed by atoms with van der Waals surface area (Å²) < 4.78 is 41.4. The summed E-state index contributed by atoms with van der Waals surface area (Å²) >= 11 is 0.941. The number of H-pyrrole nitrogens is 1. The number of amides is 1. The minimum Gasteiger partial charge on any atom is -0.315 e. The average Bonchev–Trinajstić information content (AvgIpc) is 3.23. The molecule has 0 bridgehead atoms. The summed E-state index contributed by atoms with van der Waals surface area (Å²) in [6, 6.07) is 8.42. The molecule has 4 aromatic rings. The first-order chi connectivity index (χ1) is 14.8. The summed E-state index contributed by atoms with van der Waals surface area (Å²) in [5, 5.41) is 6.63. The molecule has 11 heteroatoms. The molecule has 31 heavy (non-hydrogen) atoms. The maximum atomic E-state index is 13.8. The molecule has 0 aliphatic heterocycles. The molecule has 0 saturated carbocycles. The SMILES string of the molecule is CN(C(=O)CSc1nc2[nH]ncc2c(=O)n1-c1ccc(F)c(F)c1)c1ccc(F)cc1. The number of benzene rings is 2. The van der Waals surface area contributed by atoms with E-state index in [0.717, 1.165) is 28.5 Å². The number of fused-ring (bicyclic) bond motifs is 1. The van der Waals surface area contributed by atoms with Crippen LogP contribution in [0.5, 0.6) is 0 Å². The van der Waals surface area contributed by atoms with Crippen LogP contribution in [0.25, 0.3) is 16.7 Å². The molecule has 2 aromatic heterocycles. The highest BCUT2D eigenvalue weighted by atomic mass is 32.2. The summed E-state index contributed by atoms with van der Waals surface area (Å²) in [5.74, 6) is -3.07. The Bertz CT molecular complexity index is 1340. The number of aromatic nitrogens is 4. The number of thioether (sulfide) groups is 1. The highest BCUT2D eigenvalue weighted by Gasteiger charge is 2.19. The number of nitrogens with one attached hydrogen (secondary N) is 1. The van der Waals surface area contributed by atoms with Crippen molar-refractivity contribution in [2.24, 2.45) is 0 Å². The Morgan fingerprint density at radius 2 is 1.87 bits per heavy atom. The van der Waals surface area contributed by atoms with Crippen molar-refractivity contribution in [2.75, 3.05) is 17.7 Å². The quantitative estimate of drug-likeness (QED) is 0.377. The number of anilines is 1. The standard InChI is InChI=1S/C20H14F3N5O2S/c1-27(12-4-2-11(21)3-5-12)17(29)10-31-20-25-18-14(9-24-26-18)19(30)28(20)13-6-7-15(22)16(23)8-13/h2-9H,10H2,1H3,(H,24,26). The number of carbonyl (C=O) groups excluding carboxylic acids is 1. The smallest absolute Gasteiger partial charge is 0.269 e. The van der Waals surface area contributed by atoms with Crippen LogP contribution in [0.4, 0.5) is 18.9 Å². The van der Waals surface area contributed by atoms with E-state index in [9.17, 15) is 22.8 Å². The van der Waals surface area contributed by atoms with Crippen molar-refractivity contribution in [1.29, 1.82) is 0 Å². The molecule has 0 atom stereocenters. The zero-order valence-corrected chi connectivity index (χ0v) is 16.8. The van der Waals surface area contributed by atoms with E-state index in [2.05, 4.69) is 15.2 Å². The van der Waals surface area contributed by atoms with E-state index in [1.165, 1.54) is 48.5 Å². The Morgan fingerprint density at radius 3 is 2.58 bits per heavy atom. The second kappa shape index (κ2) is 8.26. The fourth-order valence-corrected chi connectivity index (χ4v) is 3.77. The zero-order valence-electron chi connectivity index (χ0n) is 16.0. The first-order valence-electron chi connectivity index (χ1n) is 8.91. The maximum absolute atomic E-state index is 13.8. The number of carbonyl (C=O) groups is 1. The van der Waals surface area contributed by atoms with Crippen molar-refractivity contribution in [3.05, 3.63) is 76.5 Å². The molecular weight excluding hydrogens is 431 g/mol. The molecule has 0 radical (unpaired) electrons. The van der Waals surface area contributed by atoms with E-state index >= 15 is 0 Å². The van der Waals surface area contributed by atoms with Crippen LogP contribution in [0, 0.1) is 17.5 Å². The van der Waals surface area contributed by atoms with Crippen molar-refractivity contribution < 1.29 is 18.0 Å². The van der Waals surface area contributed by atoms with Crippen LogP contribution in [0.15, 0.2) is 58.6 Å². The lowest BCUT2D eigenvalue weighted by atomic mass is 10.3. The van der Waals surface area contributed by atoms with Crippen molar-refractivity contribution >= 4 is 34.4 Å². The number of hydrogen-bond donors (Lipinski definition) is 1. The van der Waals surface area contributed by atoms with Gasteiger partial charge in [-0.15, -0.1) is 0 Å². The van der Waals surface area contributed by atoms with Crippen molar-refractivity contribution in [1.82, 2.24) is 19.7 Å². The minimum absolute atomic E-state index is 0.0568. The molecular formula is C20H14F3N5O2S. The van der Waals surface area contributed by atoms with Gasteiger partial charge in [0, 0.05) is 18.8 Å². The molecule has 0 fully saturated rings. The Kier molecular flexibility index (Phi) is 5.51. The van der Waals surface area contributed by atoms with Gasteiger partial charge in [0.25, 0.3) is 5.56 Å². The Labute approximate surface area is 177 Å². The van der Waals surface area contributed by atoms with Gasteiger partial charge in [0.1, 0.15) is 11.2 Å². The topological polar surface area (TPSA) is 83.9 Å². The molecule has 0 unspecified atom stereocenters. The lowest BCUT2D eigenvalue weighted by Gasteiger charge is -2.18. The van der Waals surface area contributed by atoms with E-state index < -0.39 is 23.0 Å². The number of hydrogen-bond acceptors (Lipinski definition) is 5. The van der Waals surface area contributed by atoms with Crippen molar-refractivity contribution in [3.8, 4) is 5.69 Å². The lowest BCUT2D eigenvalue weighted by Crippen LogP contribution is -2.28. The van der Waals surface area contributed by atoms with Crippen LogP contribution >= 0.6 is 11.8 Å². The lowest BCUT2D eigenvalue weighted by molar-refractivity contribution is -0.115. The van der Waals surface area contributed by atoms with Crippen molar-refractivity contribution in [3.63, 3.8) is 0 Å². The van der Waals surface area contributed by atoms with Gasteiger partial charge in [-0.1, -0.05) is 11.8 Å². The van der Waals surface area contributed by atoms with Crippen LogP contribution in [0.2, 0.25) is 0 Å². The zero-order chi connectivity index (χ0) is 22.1. The fraction of sp³-hybridized carbons (Fsp3) is 0.100. The molecule has 0 aliphatic rings. The van der Waals surface area contributed by atoms with E-state index in [1.54, 1.807) is 0 Å². The third-order valence-corrected chi connectivity index (χ3v) is 5.45. The molecule has 158 valence electrons. The van der Waals surface area contributed by atoms with Gasteiger partial charge in [0.15, 0.2) is 22.4 Å². The summed E-state index contributed by atoms with van der Waals surface area (Å²) in [6.45, 7) is 0. The second-order valence-electron chi connectivity index (χ2n) is 6.48. The molecule has 1 amide bonds. The third kappa shape index (κ3) is 4.04. The van der Waals surface area contributed by atoms with Gasteiger partial charge in [-0.25, -0.2) is 18.2 Å². The molecule has 2 aromatic carbocycles. The monoisotopic (exact) mass is 445 g/mol. The summed E-state index contributed by atoms with van der Waals surface area (Å²) in [4.78, 5) is 31.2. The van der Waals surface area contributed by atoms with Gasteiger partial charge in [0.05, 0.1) is 17.6 Å². The van der Waals surface area contributed by atoms with E-state index in [1.807, 2.05) is 0 Å². The number of rotatable bonds is 5. The Hall–Kier alpha value is -3.60. The van der Waals surface area contributed by atoms with Gasteiger partial charge in [-0.3, -0.25) is 19.3 Å². The van der Waals surface area contributed by atoms with Gasteiger partial charge in [-0.2, -0.15) is 5.10 Å². The van der Waals surface area contributed by atoms with Crippen LogP contribution in [-0.2, 0) is 4.79 Å². The van der Waals surface area contributed by atoms with Gasteiger partial charge < -0.3 is 4.90 Å². The van der Waals surface area contributed by atoms with Crippen LogP contribution in [0.1, 0.15) is 0 Å². The van der Waals surface area contributed by atoms with Gasteiger partial charge in [0.2, 0.25) is 5.91 Å². The molecule has 0 saturated heterocycles. The molecule has 4 rings (SSSR count). The molecule has 0 spiro atoms. The van der Waals surface area contributed by atoms with Crippen LogP contribution in [0.3, 0.4) is 0 Å². The Morgan fingerprint density at radius 1 is 1.13 bits per heavy atom. The van der Waals surface area contributed by atoms with Crippen LogP contribution < -0.4 is 10.5 Å². The third-order valence-electron chi connectivity index (χ3n) is 4.53. The molecule has 0 aliphatic carbocycles. The molecule has 7 nitrogen and oxygen atoms in total. The van der Waals surface area contributed by atoms with Crippen LogP contribution in [-0.4, -0.2) is 38.5 Å². The highest BCUT2D eigenvalue weighted by Crippen LogP contribution is 2.23. The molecule has 2 heterocycles. The first kappa shape index (κ1) is 20.7. The van der Waals surface area contributed by atoms with Gasteiger partial charge in [-0.05, 0) is 36.4 Å². The van der Waals surface area contributed by atoms with E-state index in [4.69, 9.17) is 0 Å². The fourth-order valence-electron chi connectivity index (χ4n) is 2.85. The summed E-state index contributed by atoms with van der Waals surface area (Å²) in [6.07, 6.45) is 1.28. The first-order valence-corrected chi connectivity index (χ1v) is 9.90. The Balaban J connectivity index is 1.68. The maximum Gasteiger partial charge on any atom is 0.269 e. The second-order valence-corrected chi connectivity index (χ2v) is 7.43. The number of halogens is 3. The van der Waals surface area contributed by atoms with Crippen molar-refractivity contribution in [2.45, 2.75) is 5.16 Å². The minimum atomic E-state index is -1.13. The highest BCUT2D eigenvalue weighted by molar-refractivity contribution is 7.99. The normalized spacial score (nSPS) is 11.1. The number of nitrogens with zero attached hydrogens (tertiary/aromatic N) is 4. The van der Waals surface area contributed by atoms with Gasteiger partial charge >= 0.3 is 0 Å². The summed E-state index contributed by atoms with van der Waals surface area (Å²) in [5.41, 5.74) is 0.195. The molecule has 1 N–H and O–H groups in total. The average molecular weight is 445 g/mol. The summed E-state index contributed by atoms with van der Waals surface area (Å²) in [7, 11) is 1.53. The van der Waals surface area contributed by atoms with E-state index in [-0.39, 0.29) is 33.5 Å². The predicted octanol–water partition coefficient (Wildman–Crippen LogP) is 3.28. The largest absolute Gasteiger partial charge is 0.315 e.